The highest BCUT2D eigenvalue weighted by Gasteiger charge is 2.28. The first-order valence-electron chi connectivity index (χ1n) is 5.94. The van der Waals surface area contributed by atoms with Crippen LogP contribution >= 0.6 is 23.5 Å². The van der Waals surface area contributed by atoms with E-state index in [1.807, 2.05) is 11.8 Å². The Morgan fingerprint density at radius 2 is 2.39 bits per heavy atom. The van der Waals surface area contributed by atoms with Crippen LogP contribution in [0.2, 0.25) is 0 Å². The number of aromatic nitrogens is 4. The lowest BCUT2D eigenvalue weighted by molar-refractivity contribution is -0.133. The summed E-state index contributed by atoms with van der Waals surface area (Å²) in [6.07, 6.45) is 3.33. The number of aliphatic carboxylic acids is 1. The number of nitrogens with zero attached hydrogens (tertiary/aromatic N) is 4. The molecule has 1 aliphatic carbocycles. The molecule has 1 fully saturated rings. The van der Waals surface area contributed by atoms with E-state index in [9.17, 15) is 4.79 Å². The molecule has 1 aliphatic rings. The number of carbonyl (C=O) groups is 1. The molecule has 0 aromatic carbocycles. The second-order valence-electron chi connectivity index (χ2n) is 4.13. The lowest BCUT2D eigenvalue weighted by atomic mass is 10.3. The van der Waals surface area contributed by atoms with Crippen molar-refractivity contribution >= 4 is 29.5 Å². The SMILES string of the molecule is CCSC1CCC(n2nnnc2SCC(=O)O)C1. The van der Waals surface area contributed by atoms with Gasteiger partial charge in [-0.25, -0.2) is 4.68 Å². The van der Waals surface area contributed by atoms with Gasteiger partial charge in [0.15, 0.2) is 0 Å². The van der Waals surface area contributed by atoms with Crippen LogP contribution in [0.5, 0.6) is 0 Å². The fraction of sp³-hybridized carbons (Fsp3) is 0.800. The van der Waals surface area contributed by atoms with E-state index in [4.69, 9.17) is 5.11 Å². The molecule has 0 saturated heterocycles. The summed E-state index contributed by atoms with van der Waals surface area (Å²) in [5, 5.41) is 21.5. The van der Waals surface area contributed by atoms with Crippen molar-refractivity contribution in [2.75, 3.05) is 11.5 Å². The minimum Gasteiger partial charge on any atom is -0.481 e. The second kappa shape index (κ2) is 6.42. The van der Waals surface area contributed by atoms with Crippen molar-refractivity contribution in [3.63, 3.8) is 0 Å². The minimum atomic E-state index is -0.847. The number of tetrazole rings is 1. The summed E-state index contributed by atoms with van der Waals surface area (Å²) in [4.78, 5) is 10.6. The fourth-order valence-corrected chi connectivity index (χ4v) is 3.96. The standard InChI is InChI=1S/C10H16N4O2S2/c1-2-17-8-4-3-7(5-8)14-10(11-12-13-14)18-6-9(15)16/h7-8H,2-6H2,1H3,(H,15,16). The van der Waals surface area contributed by atoms with Crippen LogP contribution in [0.3, 0.4) is 0 Å². The van der Waals surface area contributed by atoms with E-state index in [0.29, 0.717) is 16.4 Å². The van der Waals surface area contributed by atoms with Crippen molar-refractivity contribution < 1.29 is 9.90 Å². The number of rotatable bonds is 6. The van der Waals surface area contributed by atoms with Gasteiger partial charge in [0.2, 0.25) is 5.16 Å². The van der Waals surface area contributed by atoms with Gasteiger partial charge in [0.25, 0.3) is 0 Å². The van der Waals surface area contributed by atoms with Crippen LogP contribution in [0.1, 0.15) is 32.2 Å². The average molecular weight is 288 g/mol. The molecule has 2 atom stereocenters. The van der Waals surface area contributed by atoms with Gasteiger partial charge < -0.3 is 5.11 Å². The van der Waals surface area contributed by atoms with Gasteiger partial charge in [0.1, 0.15) is 0 Å². The maximum absolute atomic E-state index is 10.6. The Hall–Kier alpha value is -0.760. The summed E-state index contributed by atoms with van der Waals surface area (Å²) < 4.78 is 1.80. The summed E-state index contributed by atoms with van der Waals surface area (Å²) in [6.45, 7) is 2.17. The van der Waals surface area contributed by atoms with E-state index in [-0.39, 0.29) is 5.75 Å². The van der Waals surface area contributed by atoms with Crippen molar-refractivity contribution in [1.29, 1.82) is 0 Å². The van der Waals surface area contributed by atoms with Crippen LogP contribution in [0, 0.1) is 0 Å². The smallest absolute Gasteiger partial charge is 0.313 e. The summed E-state index contributed by atoms with van der Waals surface area (Å²) in [5.41, 5.74) is 0. The molecule has 1 aromatic heterocycles. The maximum Gasteiger partial charge on any atom is 0.313 e. The number of hydrogen-bond donors (Lipinski definition) is 1. The second-order valence-corrected chi connectivity index (χ2v) is 6.65. The topological polar surface area (TPSA) is 80.9 Å². The quantitative estimate of drug-likeness (QED) is 0.798. The first-order valence-corrected chi connectivity index (χ1v) is 7.98. The van der Waals surface area contributed by atoms with Crippen molar-refractivity contribution in [2.45, 2.75) is 42.6 Å². The van der Waals surface area contributed by atoms with E-state index in [1.54, 1.807) is 4.68 Å². The predicted molar refractivity (Wildman–Crippen MR) is 71.0 cm³/mol. The molecule has 2 rings (SSSR count). The highest BCUT2D eigenvalue weighted by Crippen LogP contribution is 2.37. The third kappa shape index (κ3) is 3.38. The summed E-state index contributed by atoms with van der Waals surface area (Å²) >= 11 is 3.16. The Kier molecular flexibility index (Phi) is 4.87. The van der Waals surface area contributed by atoms with Crippen LogP contribution in [0.15, 0.2) is 5.16 Å². The van der Waals surface area contributed by atoms with Gasteiger partial charge >= 0.3 is 5.97 Å². The molecule has 1 N–H and O–H groups in total. The lowest BCUT2D eigenvalue weighted by Gasteiger charge is -2.11. The summed E-state index contributed by atoms with van der Waals surface area (Å²) in [6, 6.07) is 0.320. The van der Waals surface area contributed by atoms with E-state index in [1.165, 1.54) is 18.2 Å². The third-order valence-corrected chi connectivity index (χ3v) is 5.04. The van der Waals surface area contributed by atoms with Gasteiger partial charge in [-0.05, 0) is 35.4 Å². The summed E-state index contributed by atoms with van der Waals surface area (Å²) in [7, 11) is 0. The molecule has 1 saturated carbocycles. The van der Waals surface area contributed by atoms with Gasteiger partial charge in [-0.15, -0.1) is 5.10 Å². The number of carboxylic acid groups (broad SMARTS) is 1. The van der Waals surface area contributed by atoms with E-state index in [0.717, 1.165) is 18.6 Å². The molecule has 0 bridgehead atoms. The van der Waals surface area contributed by atoms with Gasteiger partial charge in [-0.1, -0.05) is 18.7 Å². The van der Waals surface area contributed by atoms with Crippen LogP contribution in [-0.4, -0.2) is 48.0 Å². The largest absolute Gasteiger partial charge is 0.481 e. The highest BCUT2D eigenvalue weighted by atomic mass is 32.2. The molecule has 1 heterocycles. The van der Waals surface area contributed by atoms with Crippen molar-refractivity contribution in [2.24, 2.45) is 0 Å². The number of thioether (sulfide) groups is 2. The Labute approximate surface area is 114 Å². The van der Waals surface area contributed by atoms with E-state index in [2.05, 4.69) is 22.4 Å². The van der Waals surface area contributed by atoms with Crippen LogP contribution in [0.4, 0.5) is 0 Å². The van der Waals surface area contributed by atoms with Gasteiger partial charge in [0, 0.05) is 5.25 Å². The van der Waals surface area contributed by atoms with Crippen LogP contribution < -0.4 is 0 Å². The molecule has 100 valence electrons. The summed E-state index contributed by atoms with van der Waals surface area (Å²) in [5.74, 6) is 0.286. The molecule has 18 heavy (non-hydrogen) atoms. The molecule has 1 aromatic rings. The molecule has 0 amide bonds. The molecule has 6 nitrogen and oxygen atoms in total. The molecule has 2 unspecified atom stereocenters. The molecular weight excluding hydrogens is 272 g/mol. The Morgan fingerprint density at radius 3 is 3.11 bits per heavy atom. The maximum atomic E-state index is 10.6. The molecular formula is C10H16N4O2S2. The van der Waals surface area contributed by atoms with Gasteiger partial charge in [-0.2, -0.15) is 11.8 Å². The average Bonchev–Trinajstić information content (AvgIpc) is 2.94. The van der Waals surface area contributed by atoms with Crippen LogP contribution in [-0.2, 0) is 4.79 Å². The predicted octanol–water partition coefficient (Wildman–Crippen LogP) is 1.70. The third-order valence-electron chi connectivity index (χ3n) is 2.89. The zero-order valence-electron chi connectivity index (χ0n) is 10.2. The molecule has 0 radical (unpaired) electrons. The van der Waals surface area contributed by atoms with Gasteiger partial charge in [0.05, 0.1) is 11.8 Å². The Bertz CT molecular complexity index is 412. The van der Waals surface area contributed by atoms with Crippen molar-refractivity contribution in [3.8, 4) is 0 Å². The first kappa shape index (κ1) is 13.7. The zero-order chi connectivity index (χ0) is 13.0. The fourth-order valence-electron chi connectivity index (χ4n) is 2.16. The Morgan fingerprint density at radius 1 is 1.56 bits per heavy atom. The van der Waals surface area contributed by atoms with E-state index < -0.39 is 5.97 Å². The molecule has 8 heteroatoms. The van der Waals surface area contributed by atoms with Crippen molar-refractivity contribution in [3.05, 3.63) is 0 Å². The zero-order valence-corrected chi connectivity index (χ0v) is 11.8. The molecule has 0 spiro atoms. The van der Waals surface area contributed by atoms with Crippen LogP contribution in [0.25, 0.3) is 0 Å². The normalized spacial score (nSPS) is 23.4. The molecule has 0 aliphatic heterocycles. The minimum absolute atomic E-state index is 0.000230. The Balaban J connectivity index is 1.97. The number of hydrogen-bond acceptors (Lipinski definition) is 6. The monoisotopic (exact) mass is 288 g/mol. The lowest BCUT2D eigenvalue weighted by Crippen LogP contribution is -2.10. The number of carboxylic acids is 1. The first-order chi connectivity index (χ1) is 8.70. The highest BCUT2D eigenvalue weighted by molar-refractivity contribution is 8.00. The van der Waals surface area contributed by atoms with Gasteiger partial charge in [-0.3, -0.25) is 4.79 Å². The van der Waals surface area contributed by atoms with Crippen molar-refractivity contribution in [1.82, 2.24) is 20.2 Å². The van der Waals surface area contributed by atoms with E-state index >= 15 is 0 Å².